The van der Waals surface area contributed by atoms with Crippen LogP contribution in [0.5, 0.6) is 0 Å². The molecular weight excluding hydrogens is 346 g/mol. The monoisotopic (exact) mass is 367 g/mol. The van der Waals surface area contributed by atoms with Crippen molar-refractivity contribution in [2.75, 3.05) is 5.32 Å². The van der Waals surface area contributed by atoms with E-state index >= 15 is 0 Å². The summed E-state index contributed by atoms with van der Waals surface area (Å²) in [6, 6.07) is 11.5. The van der Waals surface area contributed by atoms with E-state index < -0.39 is 0 Å². The van der Waals surface area contributed by atoms with Crippen LogP contribution in [0.3, 0.4) is 0 Å². The predicted molar refractivity (Wildman–Crippen MR) is 105 cm³/mol. The molecule has 3 rings (SSSR count). The molecule has 0 radical (unpaired) electrons. The third-order valence-corrected chi connectivity index (χ3v) is 5.14. The van der Waals surface area contributed by atoms with Crippen molar-refractivity contribution in [3.8, 4) is 21.8 Å². The van der Waals surface area contributed by atoms with Gasteiger partial charge in [0.1, 0.15) is 5.69 Å². The van der Waals surface area contributed by atoms with Crippen LogP contribution in [0.4, 0.5) is 5.82 Å². The van der Waals surface area contributed by atoms with E-state index in [1.165, 1.54) is 0 Å². The molecule has 1 atom stereocenters. The summed E-state index contributed by atoms with van der Waals surface area (Å²) >= 11 is 1.55. The maximum atomic E-state index is 12.3. The molecule has 0 spiro atoms. The minimum Gasteiger partial charge on any atom is -0.392 e. The largest absolute Gasteiger partial charge is 0.392 e. The van der Waals surface area contributed by atoms with E-state index in [0.717, 1.165) is 28.1 Å². The first kappa shape index (κ1) is 18.2. The Morgan fingerprint density at radius 1 is 1.27 bits per heavy atom. The molecule has 2 heterocycles. The van der Waals surface area contributed by atoms with Crippen LogP contribution in [0.1, 0.15) is 25.8 Å². The SMILES string of the molecule is CCC(C)C(=O)Nc1ncc(-c2ccc(CO)cc2)nc1-c1cccs1. The minimum absolute atomic E-state index is 0.00693. The summed E-state index contributed by atoms with van der Waals surface area (Å²) < 4.78 is 0. The summed E-state index contributed by atoms with van der Waals surface area (Å²) in [5.41, 5.74) is 3.14. The summed E-state index contributed by atoms with van der Waals surface area (Å²) in [6.45, 7) is 3.88. The molecule has 3 aromatic rings. The van der Waals surface area contributed by atoms with Crippen molar-refractivity contribution in [3.63, 3.8) is 0 Å². The first-order valence-corrected chi connectivity index (χ1v) is 9.42. The number of nitrogens with zero attached hydrogens (tertiary/aromatic N) is 2. The molecule has 1 unspecified atom stereocenters. The van der Waals surface area contributed by atoms with Crippen LogP contribution in [0.25, 0.3) is 21.8 Å². The molecule has 0 aliphatic rings. The van der Waals surface area contributed by atoms with Gasteiger partial charge in [-0.3, -0.25) is 4.79 Å². The van der Waals surface area contributed by atoms with Crippen molar-refractivity contribution in [2.45, 2.75) is 26.9 Å². The topological polar surface area (TPSA) is 75.1 Å². The highest BCUT2D eigenvalue weighted by Crippen LogP contribution is 2.31. The number of benzene rings is 1. The second kappa shape index (κ2) is 8.21. The smallest absolute Gasteiger partial charge is 0.228 e. The normalized spacial score (nSPS) is 12.0. The number of amides is 1. The van der Waals surface area contributed by atoms with Gasteiger partial charge in [0, 0.05) is 11.5 Å². The summed E-state index contributed by atoms with van der Waals surface area (Å²) in [5, 5.41) is 14.1. The highest BCUT2D eigenvalue weighted by Gasteiger charge is 2.17. The van der Waals surface area contributed by atoms with E-state index in [1.807, 2.05) is 55.6 Å². The van der Waals surface area contributed by atoms with Gasteiger partial charge in [0.05, 0.1) is 23.4 Å². The van der Waals surface area contributed by atoms with Gasteiger partial charge in [-0.1, -0.05) is 44.2 Å². The number of hydrogen-bond donors (Lipinski definition) is 2. The van der Waals surface area contributed by atoms with Crippen molar-refractivity contribution in [3.05, 3.63) is 53.5 Å². The molecule has 1 aromatic carbocycles. The fourth-order valence-corrected chi connectivity index (χ4v) is 3.13. The van der Waals surface area contributed by atoms with Crippen molar-refractivity contribution in [1.29, 1.82) is 0 Å². The standard InChI is InChI=1S/C20H21N3O2S/c1-3-13(2)20(25)23-19-18(17-5-4-10-26-17)22-16(11-21-19)15-8-6-14(12-24)7-9-15/h4-11,13,24H,3,12H2,1-2H3,(H,21,23,25). The Bertz CT molecular complexity index is 877. The Labute approximate surface area is 156 Å². The average Bonchev–Trinajstić information content (AvgIpc) is 3.22. The number of aromatic nitrogens is 2. The van der Waals surface area contributed by atoms with Crippen LogP contribution < -0.4 is 5.32 Å². The summed E-state index contributed by atoms with van der Waals surface area (Å²) in [6.07, 6.45) is 2.43. The quantitative estimate of drug-likeness (QED) is 0.679. The van der Waals surface area contributed by atoms with Crippen LogP contribution in [0.15, 0.2) is 48.0 Å². The summed E-state index contributed by atoms with van der Waals surface area (Å²) in [4.78, 5) is 22.5. The van der Waals surface area contributed by atoms with Crippen molar-refractivity contribution >= 4 is 23.1 Å². The molecule has 0 saturated carbocycles. The first-order chi connectivity index (χ1) is 12.6. The third-order valence-electron chi connectivity index (χ3n) is 4.26. The van der Waals surface area contributed by atoms with Gasteiger partial charge in [0.25, 0.3) is 0 Å². The highest BCUT2D eigenvalue weighted by atomic mass is 32.1. The van der Waals surface area contributed by atoms with Crippen LogP contribution >= 0.6 is 11.3 Å². The third kappa shape index (κ3) is 3.98. The van der Waals surface area contributed by atoms with Gasteiger partial charge in [0.15, 0.2) is 5.82 Å². The van der Waals surface area contributed by atoms with E-state index in [4.69, 9.17) is 4.98 Å². The molecule has 2 aromatic heterocycles. The van der Waals surface area contributed by atoms with Gasteiger partial charge in [-0.15, -0.1) is 11.3 Å². The number of aliphatic hydroxyl groups excluding tert-OH is 1. The van der Waals surface area contributed by atoms with E-state index in [1.54, 1.807) is 17.5 Å². The van der Waals surface area contributed by atoms with Gasteiger partial charge >= 0.3 is 0 Å². The van der Waals surface area contributed by atoms with E-state index in [9.17, 15) is 9.90 Å². The lowest BCUT2D eigenvalue weighted by molar-refractivity contribution is -0.119. The van der Waals surface area contributed by atoms with Crippen LogP contribution in [0, 0.1) is 5.92 Å². The van der Waals surface area contributed by atoms with Crippen LogP contribution in [-0.2, 0) is 11.4 Å². The molecule has 5 nitrogen and oxygen atoms in total. The van der Waals surface area contributed by atoms with E-state index in [0.29, 0.717) is 11.5 Å². The van der Waals surface area contributed by atoms with E-state index in [2.05, 4.69) is 10.3 Å². The second-order valence-electron chi connectivity index (χ2n) is 6.08. The summed E-state index contributed by atoms with van der Waals surface area (Å²) in [7, 11) is 0. The number of nitrogens with one attached hydrogen (secondary N) is 1. The lowest BCUT2D eigenvalue weighted by Crippen LogP contribution is -2.21. The average molecular weight is 367 g/mol. The molecule has 134 valence electrons. The Morgan fingerprint density at radius 3 is 2.65 bits per heavy atom. The lowest BCUT2D eigenvalue weighted by atomic mass is 10.1. The highest BCUT2D eigenvalue weighted by molar-refractivity contribution is 7.13. The number of anilines is 1. The van der Waals surface area contributed by atoms with Gasteiger partial charge < -0.3 is 10.4 Å². The molecule has 0 aliphatic heterocycles. The Balaban J connectivity index is 1.99. The summed E-state index contributed by atoms with van der Waals surface area (Å²) in [5.74, 6) is 0.340. The van der Waals surface area contributed by atoms with Crippen molar-refractivity contribution < 1.29 is 9.90 Å². The molecule has 2 N–H and O–H groups in total. The fraction of sp³-hybridized carbons (Fsp3) is 0.250. The molecule has 6 heteroatoms. The zero-order valence-electron chi connectivity index (χ0n) is 14.8. The van der Waals surface area contributed by atoms with Gasteiger partial charge in [-0.25, -0.2) is 9.97 Å². The number of hydrogen-bond acceptors (Lipinski definition) is 5. The molecule has 1 amide bonds. The van der Waals surface area contributed by atoms with Gasteiger partial charge in [0.2, 0.25) is 5.91 Å². The van der Waals surface area contributed by atoms with Gasteiger partial charge in [-0.05, 0) is 23.4 Å². The predicted octanol–water partition coefficient (Wildman–Crippen LogP) is 4.35. The fourth-order valence-electron chi connectivity index (χ4n) is 2.41. The molecule has 0 saturated heterocycles. The molecule has 0 fully saturated rings. The number of carbonyl (C=O) groups is 1. The number of thiophene rings is 1. The van der Waals surface area contributed by atoms with Gasteiger partial charge in [-0.2, -0.15) is 0 Å². The van der Waals surface area contributed by atoms with Crippen LogP contribution in [-0.4, -0.2) is 21.0 Å². The Kier molecular flexibility index (Phi) is 5.75. The Hall–Kier alpha value is -2.57. The molecular formula is C20H21N3O2S. The Morgan fingerprint density at radius 2 is 2.04 bits per heavy atom. The second-order valence-corrected chi connectivity index (χ2v) is 7.03. The number of aliphatic hydroxyl groups is 1. The molecule has 26 heavy (non-hydrogen) atoms. The zero-order valence-corrected chi connectivity index (χ0v) is 15.6. The number of carbonyl (C=O) groups excluding carboxylic acids is 1. The molecule has 0 bridgehead atoms. The lowest BCUT2D eigenvalue weighted by Gasteiger charge is -2.13. The number of rotatable bonds is 6. The maximum absolute atomic E-state index is 12.3. The van der Waals surface area contributed by atoms with Crippen LogP contribution in [0.2, 0.25) is 0 Å². The minimum atomic E-state index is -0.0845. The molecule has 0 aliphatic carbocycles. The van der Waals surface area contributed by atoms with Crippen molar-refractivity contribution in [1.82, 2.24) is 9.97 Å². The first-order valence-electron chi connectivity index (χ1n) is 8.54. The van der Waals surface area contributed by atoms with Crippen molar-refractivity contribution in [2.24, 2.45) is 5.92 Å². The maximum Gasteiger partial charge on any atom is 0.228 e. The zero-order chi connectivity index (χ0) is 18.5. The van der Waals surface area contributed by atoms with E-state index in [-0.39, 0.29) is 18.4 Å².